The summed E-state index contributed by atoms with van der Waals surface area (Å²) in [7, 11) is 0. The van der Waals surface area contributed by atoms with Crippen LogP contribution in [-0.2, 0) is 11.3 Å². The van der Waals surface area contributed by atoms with Gasteiger partial charge in [0.1, 0.15) is 0 Å². The van der Waals surface area contributed by atoms with Gasteiger partial charge in [-0.1, -0.05) is 36.4 Å². The molecule has 0 radical (unpaired) electrons. The van der Waals surface area contributed by atoms with Gasteiger partial charge in [0.15, 0.2) is 0 Å². The number of benzene rings is 2. The summed E-state index contributed by atoms with van der Waals surface area (Å²) in [6, 6.07) is 21.2. The molecule has 1 aromatic heterocycles. The third-order valence-corrected chi connectivity index (χ3v) is 8.61. The molecule has 2 saturated heterocycles. The van der Waals surface area contributed by atoms with Crippen LogP contribution in [0.5, 0.6) is 0 Å². The lowest BCUT2D eigenvalue weighted by Gasteiger charge is -2.44. The number of carbonyl (C=O) groups is 2. The monoisotopic (exact) mass is 536 g/mol. The fraction of sp³-hybridized carbons (Fsp3) is 0.364. The standard InChI is InChI=1S/C33H36N4O3/c1-23-8-5-6-17-36(23)33(40)26-14-15-30(28(19-26)34-31(38)16-13-24-9-3-2-4-10-24)35-20-25-18-27(22-35)29-11-7-12-32(39)37(29)21-25/h2-4,7,9-16,19,23,25,27H,5-6,8,17-18,20-22H2,1H3,(H,34,38)/b16-13+/t23-,25+,27-/m0/s1. The first-order valence-corrected chi connectivity index (χ1v) is 14.4. The lowest BCUT2D eigenvalue weighted by Crippen LogP contribution is -2.47. The number of nitrogens with one attached hydrogen (secondary N) is 1. The number of fused-ring (bicyclic) bond motifs is 4. The van der Waals surface area contributed by atoms with Crippen LogP contribution in [-0.4, -0.2) is 47.0 Å². The summed E-state index contributed by atoms with van der Waals surface area (Å²) in [6.07, 6.45) is 7.55. The van der Waals surface area contributed by atoms with Crippen LogP contribution >= 0.6 is 0 Å². The Labute approximate surface area is 235 Å². The van der Waals surface area contributed by atoms with Crippen molar-refractivity contribution in [1.29, 1.82) is 0 Å². The Bertz CT molecular complexity index is 1500. The number of hydrogen-bond acceptors (Lipinski definition) is 4. The molecule has 7 heteroatoms. The third kappa shape index (κ3) is 5.33. The van der Waals surface area contributed by atoms with Crippen LogP contribution in [0.25, 0.3) is 6.08 Å². The summed E-state index contributed by atoms with van der Waals surface area (Å²) in [4.78, 5) is 43.4. The van der Waals surface area contributed by atoms with Gasteiger partial charge in [0.2, 0.25) is 5.91 Å². The van der Waals surface area contributed by atoms with Crippen molar-refractivity contribution in [2.75, 3.05) is 29.9 Å². The second-order valence-electron chi connectivity index (χ2n) is 11.4. The molecule has 2 bridgehead atoms. The van der Waals surface area contributed by atoms with E-state index in [9.17, 15) is 14.4 Å². The number of pyridine rings is 1. The van der Waals surface area contributed by atoms with E-state index in [1.807, 2.05) is 64.1 Å². The summed E-state index contributed by atoms with van der Waals surface area (Å²) in [5, 5.41) is 3.09. The molecule has 1 N–H and O–H groups in total. The van der Waals surface area contributed by atoms with Crippen molar-refractivity contribution in [3.63, 3.8) is 0 Å². The Balaban J connectivity index is 1.31. The molecule has 3 aliphatic heterocycles. The van der Waals surface area contributed by atoms with E-state index in [0.717, 1.165) is 62.3 Å². The van der Waals surface area contributed by atoms with Crippen molar-refractivity contribution in [3.8, 4) is 0 Å². The van der Waals surface area contributed by atoms with Crippen molar-refractivity contribution >= 4 is 29.3 Å². The molecule has 0 aliphatic carbocycles. The van der Waals surface area contributed by atoms with E-state index in [2.05, 4.69) is 23.2 Å². The lowest BCUT2D eigenvalue weighted by atomic mass is 9.83. The van der Waals surface area contributed by atoms with Gasteiger partial charge in [-0.15, -0.1) is 0 Å². The highest BCUT2D eigenvalue weighted by molar-refractivity contribution is 6.05. The van der Waals surface area contributed by atoms with E-state index in [1.54, 1.807) is 12.1 Å². The largest absolute Gasteiger partial charge is 0.369 e. The zero-order valence-electron chi connectivity index (χ0n) is 23.0. The van der Waals surface area contributed by atoms with Crippen molar-refractivity contribution in [1.82, 2.24) is 9.47 Å². The Morgan fingerprint density at radius 3 is 2.62 bits per heavy atom. The summed E-state index contributed by atoms with van der Waals surface area (Å²) in [5.74, 6) is 0.342. The molecule has 206 valence electrons. The minimum Gasteiger partial charge on any atom is -0.369 e. The normalized spacial score (nSPS) is 22.2. The molecule has 2 aromatic carbocycles. The Kier molecular flexibility index (Phi) is 7.29. The van der Waals surface area contributed by atoms with E-state index in [0.29, 0.717) is 23.7 Å². The first kappa shape index (κ1) is 26.1. The topological polar surface area (TPSA) is 74.7 Å². The van der Waals surface area contributed by atoms with Crippen LogP contribution in [0, 0.1) is 5.92 Å². The maximum absolute atomic E-state index is 13.5. The maximum atomic E-state index is 13.5. The van der Waals surface area contributed by atoms with Gasteiger partial charge in [0, 0.05) is 61.5 Å². The van der Waals surface area contributed by atoms with Gasteiger partial charge in [-0.25, -0.2) is 0 Å². The maximum Gasteiger partial charge on any atom is 0.254 e. The highest BCUT2D eigenvalue weighted by Crippen LogP contribution is 2.39. The third-order valence-electron chi connectivity index (χ3n) is 8.61. The van der Waals surface area contributed by atoms with Crippen LogP contribution in [0.15, 0.2) is 77.6 Å². The Hall–Kier alpha value is -4.13. The van der Waals surface area contributed by atoms with Gasteiger partial charge in [-0.05, 0) is 74.4 Å². The van der Waals surface area contributed by atoms with Crippen LogP contribution in [0.3, 0.4) is 0 Å². The van der Waals surface area contributed by atoms with E-state index >= 15 is 0 Å². The molecule has 40 heavy (non-hydrogen) atoms. The number of amides is 2. The number of hydrogen-bond donors (Lipinski definition) is 1. The van der Waals surface area contributed by atoms with Crippen LogP contribution in [0.2, 0.25) is 0 Å². The van der Waals surface area contributed by atoms with Gasteiger partial charge in [-0.2, -0.15) is 0 Å². The quantitative estimate of drug-likeness (QED) is 0.459. The SMILES string of the molecule is C[C@H]1CCCCN1C(=O)c1ccc(N2C[C@H]3C[C@@H](C2)c2cccc(=O)n2C3)c(NC(=O)/C=C/c2ccccc2)c1. The highest BCUT2D eigenvalue weighted by atomic mass is 16.2. The van der Waals surface area contributed by atoms with E-state index in [-0.39, 0.29) is 29.3 Å². The molecule has 3 aromatic rings. The zero-order chi connectivity index (χ0) is 27.6. The second-order valence-corrected chi connectivity index (χ2v) is 11.4. The van der Waals surface area contributed by atoms with Crippen LogP contribution < -0.4 is 15.8 Å². The van der Waals surface area contributed by atoms with Gasteiger partial charge in [-0.3, -0.25) is 14.4 Å². The van der Waals surface area contributed by atoms with Crippen molar-refractivity contribution in [2.24, 2.45) is 5.92 Å². The number of aromatic nitrogens is 1. The number of likely N-dealkylation sites (tertiary alicyclic amines) is 1. The van der Waals surface area contributed by atoms with Crippen molar-refractivity contribution in [2.45, 2.75) is 51.1 Å². The average molecular weight is 537 g/mol. The molecule has 0 spiro atoms. The molecule has 4 heterocycles. The van der Waals surface area contributed by atoms with Gasteiger partial charge < -0.3 is 19.7 Å². The molecular formula is C33H36N4O3. The fourth-order valence-corrected chi connectivity index (χ4v) is 6.61. The molecule has 3 aliphatic rings. The molecule has 3 atom stereocenters. The summed E-state index contributed by atoms with van der Waals surface area (Å²) in [5.41, 5.74) is 4.23. The van der Waals surface area contributed by atoms with Crippen molar-refractivity contribution < 1.29 is 9.59 Å². The fourth-order valence-electron chi connectivity index (χ4n) is 6.61. The van der Waals surface area contributed by atoms with Crippen LogP contribution in [0.4, 0.5) is 11.4 Å². The minimum atomic E-state index is -0.241. The minimum absolute atomic E-state index is 0.0119. The van der Waals surface area contributed by atoms with Gasteiger partial charge in [0.25, 0.3) is 11.5 Å². The van der Waals surface area contributed by atoms with Gasteiger partial charge >= 0.3 is 0 Å². The molecule has 0 unspecified atom stereocenters. The summed E-state index contributed by atoms with van der Waals surface area (Å²) in [6.45, 7) is 5.11. The van der Waals surface area contributed by atoms with E-state index < -0.39 is 0 Å². The number of rotatable bonds is 5. The van der Waals surface area contributed by atoms with Crippen LogP contribution in [0.1, 0.15) is 60.1 Å². The highest BCUT2D eigenvalue weighted by Gasteiger charge is 2.35. The average Bonchev–Trinajstić information content (AvgIpc) is 2.97. The zero-order valence-corrected chi connectivity index (χ0v) is 23.0. The first-order valence-electron chi connectivity index (χ1n) is 14.4. The van der Waals surface area contributed by atoms with Crippen molar-refractivity contribution in [3.05, 3.63) is 100.0 Å². The predicted octanol–water partition coefficient (Wildman–Crippen LogP) is 5.14. The number of anilines is 2. The Morgan fingerprint density at radius 1 is 0.950 bits per heavy atom. The predicted molar refractivity (Wildman–Crippen MR) is 159 cm³/mol. The summed E-state index contributed by atoms with van der Waals surface area (Å²) < 4.78 is 1.93. The smallest absolute Gasteiger partial charge is 0.254 e. The molecule has 6 rings (SSSR count). The molecule has 2 fully saturated rings. The Morgan fingerprint density at radius 2 is 1.80 bits per heavy atom. The van der Waals surface area contributed by atoms with E-state index in [4.69, 9.17) is 0 Å². The van der Waals surface area contributed by atoms with E-state index in [1.165, 1.54) is 6.08 Å². The van der Waals surface area contributed by atoms with Gasteiger partial charge in [0.05, 0.1) is 11.4 Å². The molecule has 2 amide bonds. The summed E-state index contributed by atoms with van der Waals surface area (Å²) >= 11 is 0. The number of carbonyl (C=O) groups excluding carboxylic acids is 2. The molecular weight excluding hydrogens is 500 g/mol. The number of piperidine rings is 2. The first-order chi connectivity index (χ1) is 19.5. The molecule has 7 nitrogen and oxygen atoms in total. The second kappa shape index (κ2) is 11.2. The molecule has 0 saturated carbocycles. The lowest BCUT2D eigenvalue weighted by molar-refractivity contribution is -0.111. The number of nitrogens with zero attached hydrogens (tertiary/aromatic N) is 3.